The van der Waals surface area contributed by atoms with Gasteiger partial charge in [0.1, 0.15) is 4.88 Å². The fourth-order valence-electron chi connectivity index (χ4n) is 1.48. The largest absolute Gasteiger partial charge is 0.393 e. The smallest absolute Gasteiger partial charge is 0.267 e. The number of nitrogens with zero attached hydrogens (tertiary/aromatic N) is 3. The predicted octanol–water partition coefficient (Wildman–Crippen LogP) is 0.133. The van der Waals surface area contributed by atoms with Crippen LogP contribution in [0.15, 0.2) is 6.20 Å². The number of carbonyl (C=O) groups is 1. The molecule has 76 valence electrons. The van der Waals surface area contributed by atoms with Crippen molar-refractivity contribution in [3.05, 3.63) is 11.1 Å². The summed E-state index contributed by atoms with van der Waals surface area (Å²) in [6.07, 6.45) is 2.58. The summed E-state index contributed by atoms with van der Waals surface area (Å²) >= 11 is 1.10. The molecule has 0 radical (unpaired) electrons. The van der Waals surface area contributed by atoms with E-state index in [2.05, 4.69) is 9.59 Å². The van der Waals surface area contributed by atoms with Gasteiger partial charge in [0.05, 0.1) is 12.3 Å². The molecule has 5 nitrogen and oxygen atoms in total. The first-order valence-electron chi connectivity index (χ1n) is 4.41. The highest BCUT2D eigenvalue weighted by molar-refractivity contribution is 7.07. The van der Waals surface area contributed by atoms with Crippen LogP contribution in [-0.4, -0.2) is 44.7 Å². The van der Waals surface area contributed by atoms with Gasteiger partial charge in [-0.15, -0.1) is 5.10 Å². The number of hydrogen-bond acceptors (Lipinski definition) is 5. The molecule has 1 saturated carbocycles. The third-order valence-corrected chi connectivity index (χ3v) is 3.18. The number of aliphatic hydroxyl groups excluding tert-OH is 1. The summed E-state index contributed by atoms with van der Waals surface area (Å²) in [5, 5.41) is 12.7. The fraction of sp³-hybridized carbons (Fsp3) is 0.625. The van der Waals surface area contributed by atoms with Gasteiger partial charge in [-0.2, -0.15) is 0 Å². The van der Waals surface area contributed by atoms with Crippen molar-refractivity contribution in [3.63, 3.8) is 0 Å². The van der Waals surface area contributed by atoms with Crippen LogP contribution in [0.1, 0.15) is 22.5 Å². The van der Waals surface area contributed by atoms with E-state index in [-0.39, 0.29) is 18.1 Å². The molecule has 6 heteroatoms. The average Bonchev–Trinajstić information content (AvgIpc) is 2.63. The number of aliphatic hydroxyl groups is 1. The zero-order valence-electron chi connectivity index (χ0n) is 7.75. The Labute approximate surface area is 85.5 Å². The molecule has 1 heterocycles. The highest BCUT2D eigenvalue weighted by Crippen LogP contribution is 2.25. The number of hydrogen-bond donors (Lipinski definition) is 1. The SMILES string of the molecule is CN(C(=O)c1cnns1)C1CC(O)C1. The molecule has 0 spiro atoms. The Morgan fingerprint density at radius 1 is 1.71 bits per heavy atom. The number of amides is 1. The van der Waals surface area contributed by atoms with Gasteiger partial charge in [-0.3, -0.25) is 4.79 Å². The average molecular weight is 213 g/mol. The molecule has 1 N–H and O–H groups in total. The Kier molecular flexibility index (Phi) is 2.47. The van der Waals surface area contributed by atoms with Gasteiger partial charge in [0, 0.05) is 13.1 Å². The van der Waals surface area contributed by atoms with E-state index in [0.717, 1.165) is 11.5 Å². The molecule has 14 heavy (non-hydrogen) atoms. The molecule has 0 saturated heterocycles. The Morgan fingerprint density at radius 2 is 2.43 bits per heavy atom. The fourth-order valence-corrected chi connectivity index (χ4v) is 1.97. The van der Waals surface area contributed by atoms with Crippen LogP contribution in [0, 0.1) is 0 Å². The van der Waals surface area contributed by atoms with Gasteiger partial charge in [0.2, 0.25) is 0 Å². The van der Waals surface area contributed by atoms with Crippen molar-refractivity contribution in [2.24, 2.45) is 0 Å². The van der Waals surface area contributed by atoms with Gasteiger partial charge in [-0.1, -0.05) is 4.49 Å². The van der Waals surface area contributed by atoms with Crippen molar-refractivity contribution in [3.8, 4) is 0 Å². The second-order valence-electron chi connectivity index (χ2n) is 3.48. The van der Waals surface area contributed by atoms with Gasteiger partial charge in [-0.25, -0.2) is 0 Å². The minimum absolute atomic E-state index is 0.0584. The lowest BCUT2D eigenvalue weighted by molar-refractivity contribution is 0.0135. The first-order chi connectivity index (χ1) is 6.68. The summed E-state index contributed by atoms with van der Waals surface area (Å²) in [7, 11) is 1.75. The van der Waals surface area contributed by atoms with Gasteiger partial charge >= 0.3 is 0 Å². The minimum Gasteiger partial charge on any atom is -0.393 e. The van der Waals surface area contributed by atoms with Gasteiger partial charge in [0.15, 0.2) is 0 Å². The Bertz CT molecular complexity index is 321. The summed E-state index contributed by atoms with van der Waals surface area (Å²) < 4.78 is 3.64. The summed E-state index contributed by atoms with van der Waals surface area (Å²) in [5.74, 6) is -0.0584. The van der Waals surface area contributed by atoms with Crippen molar-refractivity contribution in [2.75, 3.05) is 7.05 Å². The Hall–Kier alpha value is -1.01. The zero-order valence-corrected chi connectivity index (χ0v) is 8.57. The van der Waals surface area contributed by atoms with Crippen molar-refractivity contribution in [1.29, 1.82) is 0 Å². The van der Waals surface area contributed by atoms with E-state index >= 15 is 0 Å². The van der Waals surface area contributed by atoms with Crippen LogP contribution in [0.5, 0.6) is 0 Å². The number of carbonyl (C=O) groups excluding carboxylic acids is 1. The predicted molar refractivity (Wildman–Crippen MR) is 51.0 cm³/mol. The lowest BCUT2D eigenvalue weighted by Gasteiger charge is -2.38. The normalized spacial score (nSPS) is 25.6. The zero-order chi connectivity index (χ0) is 10.1. The monoisotopic (exact) mass is 213 g/mol. The maximum Gasteiger partial charge on any atom is 0.267 e. The quantitative estimate of drug-likeness (QED) is 0.758. The van der Waals surface area contributed by atoms with Crippen molar-refractivity contribution in [1.82, 2.24) is 14.5 Å². The second-order valence-corrected chi connectivity index (χ2v) is 4.26. The van der Waals surface area contributed by atoms with Crippen molar-refractivity contribution in [2.45, 2.75) is 25.0 Å². The van der Waals surface area contributed by atoms with Crippen LogP contribution in [0.2, 0.25) is 0 Å². The second kappa shape index (κ2) is 3.62. The molecular weight excluding hydrogens is 202 g/mol. The summed E-state index contributed by atoms with van der Waals surface area (Å²) in [5.41, 5.74) is 0. The molecule has 1 fully saturated rings. The van der Waals surface area contributed by atoms with Crippen molar-refractivity contribution < 1.29 is 9.90 Å². The molecule has 2 rings (SSSR count). The molecule has 1 aliphatic carbocycles. The molecule has 0 bridgehead atoms. The molecule has 0 atom stereocenters. The third kappa shape index (κ3) is 1.62. The summed E-state index contributed by atoms with van der Waals surface area (Å²) in [4.78, 5) is 13.9. The highest BCUT2D eigenvalue weighted by atomic mass is 32.1. The number of aromatic nitrogens is 2. The van der Waals surface area contributed by atoms with Crippen LogP contribution in [0.3, 0.4) is 0 Å². The van der Waals surface area contributed by atoms with Gasteiger partial charge < -0.3 is 10.0 Å². The molecule has 0 aromatic carbocycles. The van der Waals surface area contributed by atoms with E-state index in [1.807, 2.05) is 0 Å². The first kappa shape index (κ1) is 9.54. The molecule has 1 aromatic heterocycles. The van der Waals surface area contributed by atoms with E-state index in [9.17, 15) is 4.79 Å². The maximum atomic E-state index is 11.7. The van der Waals surface area contributed by atoms with Crippen LogP contribution in [0.4, 0.5) is 0 Å². The molecule has 1 amide bonds. The minimum atomic E-state index is -0.241. The van der Waals surface area contributed by atoms with Crippen LogP contribution in [-0.2, 0) is 0 Å². The summed E-state index contributed by atoms with van der Waals surface area (Å²) in [6.45, 7) is 0. The highest BCUT2D eigenvalue weighted by Gasteiger charge is 2.33. The van der Waals surface area contributed by atoms with Crippen LogP contribution in [0.25, 0.3) is 0 Å². The molecule has 0 aliphatic heterocycles. The first-order valence-corrected chi connectivity index (χ1v) is 5.18. The number of rotatable bonds is 2. The van der Waals surface area contributed by atoms with Crippen LogP contribution >= 0.6 is 11.5 Å². The lowest BCUT2D eigenvalue weighted by Crippen LogP contribution is -2.47. The van der Waals surface area contributed by atoms with E-state index in [0.29, 0.717) is 17.7 Å². The third-order valence-electron chi connectivity index (χ3n) is 2.53. The summed E-state index contributed by atoms with van der Waals surface area (Å²) in [6, 6.07) is 0.166. The van der Waals surface area contributed by atoms with E-state index in [4.69, 9.17) is 5.11 Å². The Morgan fingerprint density at radius 3 is 2.93 bits per heavy atom. The van der Waals surface area contributed by atoms with E-state index < -0.39 is 0 Å². The maximum absolute atomic E-state index is 11.7. The van der Waals surface area contributed by atoms with E-state index in [1.165, 1.54) is 6.20 Å². The molecular formula is C8H11N3O2S. The van der Waals surface area contributed by atoms with Gasteiger partial charge in [-0.05, 0) is 24.4 Å². The lowest BCUT2D eigenvalue weighted by atomic mass is 9.88. The Balaban J connectivity index is 1.99. The van der Waals surface area contributed by atoms with Crippen molar-refractivity contribution >= 4 is 17.4 Å². The topological polar surface area (TPSA) is 66.3 Å². The molecule has 1 aromatic rings. The molecule has 1 aliphatic rings. The standard InChI is InChI=1S/C8H11N3O2S/c1-11(5-2-6(12)3-5)8(13)7-4-9-10-14-7/h4-6,12H,2-3H2,1H3. The van der Waals surface area contributed by atoms with Gasteiger partial charge in [0.25, 0.3) is 5.91 Å². The van der Waals surface area contributed by atoms with E-state index in [1.54, 1.807) is 11.9 Å². The van der Waals surface area contributed by atoms with Crippen LogP contribution < -0.4 is 0 Å². The molecule has 0 unspecified atom stereocenters.